The number of anilines is 2. The lowest BCUT2D eigenvalue weighted by Crippen LogP contribution is -2.42. The van der Waals surface area contributed by atoms with Gasteiger partial charge in [-0.15, -0.1) is 0 Å². The molecular weight excluding hydrogens is 364 g/mol. The number of carboxylic acids is 2. The molecule has 0 spiro atoms. The lowest BCUT2D eigenvalue weighted by molar-refractivity contribution is -0.139. The summed E-state index contributed by atoms with van der Waals surface area (Å²) < 4.78 is 0. The van der Waals surface area contributed by atoms with Crippen LogP contribution < -0.4 is 9.80 Å². The summed E-state index contributed by atoms with van der Waals surface area (Å²) in [4.78, 5) is 34.5. The van der Waals surface area contributed by atoms with Gasteiger partial charge in [0.25, 0.3) is 0 Å². The Hall–Kier alpha value is -3.40. The summed E-state index contributed by atoms with van der Waals surface area (Å²) in [5.41, 5.74) is -0.303. The van der Waals surface area contributed by atoms with E-state index in [2.05, 4.69) is 9.97 Å². The Morgan fingerprint density at radius 3 is 2.50 bits per heavy atom. The molecule has 10 heteroatoms. The standard InChI is InChI=1S/C18H22N6O4/c1-3-4-7-23(11(2)17(25)26)15-12(9-19)21-13(10-20)16(22-15)24-8-5-6-14(24)18(27)28/h11,14H,3-8H2,1-2H3,(H,25,26)(H,27,28). The summed E-state index contributed by atoms with van der Waals surface area (Å²) in [6.45, 7) is 4.15. The first-order valence-electron chi connectivity index (χ1n) is 9.06. The van der Waals surface area contributed by atoms with Crippen LogP contribution in [-0.2, 0) is 9.59 Å². The second-order valence-corrected chi connectivity index (χ2v) is 6.54. The Kier molecular flexibility index (Phi) is 6.72. The smallest absolute Gasteiger partial charge is 0.326 e. The Balaban J connectivity index is 2.63. The highest BCUT2D eigenvalue weighted by molar-refractivity contribution is 5.80. The lowest BCUT2D eigenvalue weighted by atomic mass is 10.2. The maximum Gasteiger partial charge on any atom is 0.326 e. The van der Waals surface area contributed by atoms with Gasteiger partial charge in [-0.25, -0.2) is 19.6 Å². The summed E-state index contributed by atoms with van der Waals surface area (Å²) >= 11 is 0. The van der Waals surface area contributed by atoms with Crippen LogP contribution in [0.5, 0.6) is 0 Å². The van der Waals surface area contributed by atoms with Crippen LogP contribution >= 0.6 is 0 Å². The minimum atomic E-state index is -1.09. The van der Waals surface area contributed by atoms with Gasteiger partial charge in [0.2, 0.25) is 0 Å². The molecule has 1 aliphatic heterocycles. The van der Waals surface area contributed by atoms with Crippen LogP contribution in [-0.4, -0.2) is 57.3 Å². The van der Waals surface area contributed by atoms with Gasteiger partial charge >= 0.3 is 11.9 Å². The fourth-order valence-corrected chi connectivity index (χ4v) is 3.19. The first-order valence-corrected chi connectivity index (χ1v) is 9.06. The molecule has 0 amide bonds. The molecule has 2 atom stereocenters. The number of carbonyl (C=O) groups is 2. The molecule has 1 fully saturated rings. The molecule has 10 nitrogen and oxygen atoms in total. The summed E-state index contributed by atoms with van der Waals surface area (Å²) in [7, 11) is 0. The largest absolute Gasteiger partial charge is 0.480 e. The zero-order chi connectivity index (χ0) is 20.8. The van der Waals surface area contributed by atoms with Crippen molar-refractivity contribution in [3.05, 3.63) is 11.4 Å². The van der Waals surface area contributed by atoms with Crippen molar-refractivity contribution in [1.29, 1.82) is 10.5 Å². The maximum atomic E-state index is 11.6. The number of carboxylic acid groups (broad SMARTS) is 2. The van der Waals surface area contributed by atoms with Crippen LogP contribution in [0.2, 0.25) is 0 Å². The lowest BCUT2D eigenvalue weighted by Gasteiger charge is -2.30. The van der Waals surface area contributed by atoms with Crippen molar-refractivity contribution in [3.8, 4) is 12.1 Å². The topological polar surface area (TPSA) is 154 Å². The van der Waals surface area contributed by atoms with E-state index >= 15 is 0 Å². The number of rotatable bonds is 8. The number of hydrogen-bond acceptors (Lipinski definition) is 8. The molecule has 2 heterocycles. The van der Waals surface area contributed by atoms with Crippen LogP contribution in [0.3, 0.4) is 0 Å². The fourth-order valence-electron chi connectivity index (χ4n) is 3.19. The van der Waals surface area contributed by atoms with E-state index in [1.165, 1.54) is 16.7 Å². The second kappa shape index (κ2) is 9.00. The van der Waals surface area contributed by atoms with Gasteiger partial charge in [0.1, 0.15) is 24.2 Å². The third kappa shape index (κ3) is 4.12. The number of aliphatic carboxylic acids is 2. The summed E-state index contributed by atoms with van der Waals surface area (Å²) in [5.74, 6) is -2.00. The van der Waals surface area contributed by atoms with Crippen LogP contribution in [0.1, 0.15) is 50.9 Å². The van der Waals surface area contributed by atoms with Crippen LogP contribution in [0.4, 0.5) is 11.6 Å². The summed E-state index contributed by atoms with van der Waals surface area (Å²) in [6.07, 6.45) is 2.49. The van der Waals surface area contributed by atoms with Crippen molar-refractivity contribution in [1.82, 2.24) is 9.97 Å². The third-order valence-corrected chi connectivity index (χ3v) is 4.73. The SMILES string of the molecule is CCCCN(c1nc(N2CCCC2C(=O)O)c(C#N)nc1C#N)C(C)C(=O)O. The van der Waals surface area contributed by atoms with Gasteiger partial charge in [0.05, 0.1) is 0 Å². The van der Waals surface area contributed by atoms with E-state index in [0.29, 0.717) is 32.4 Å². The average molecular weight is 386 g/mol. The molecule has 0 radical (unpaired) electrons. The molecular formula is C18H22N6O4. The van der Waals surface area contributed by atoms with E-state index in [0.717, 1.165) is 6.42 Å². The van der Waals surface area contributed by atoms with E-state index in [1.54, 1.807) is 0 Å². The van der Waals surface area contributed by atoms with Crippen molar-refractivity contribution in [2.24, 2.45) is 0 Å². The molecule has 0 aromatic carbocycles. The molecule has 2 unspecified atom stereocenters. The highest BCUT2D eigenvalue weighted by Gasteiger charge is 2.35. The van der Waals surface area contributed by atoms with Crippen LogP contribution in [0, 0.1) is 22.7 Å². The summed E-state index contributed by atoms with van der Waals surface area (Å²) in [6, 6.07) is 1.94. The van der Waals surface area contributed by atoms with Crippen molar-refractivity contribution in [3.63, 3.8) is 0 Å². The van der Waals surface area contributed by atoms with Crippen LogP contribution in [0.15, 0.2) is 0 Å². The first kappa shape index (κ1) is 20.9. The van der Waals surface area contributed by atoms with Crippen molar-refractivity contribution in [2.45, 2.75) is 51.6 Å². The molecule has 2 rings (SSSR count). The van der Waals surface area contributed by atoms with Crippen molar-refractivity contribution < 1.29 is 19.8 Å². The molecule has 148 valence electrons. The molecule has 1 aromatic rings. The molecule has 1 aromatic heterocycles. The normalized spacial score (nSPS) is 16.9. The molecule has 1 saturated heterocycles. The van der Waals surface area contributed by atoms with E-state index < -0.39 is 24.0 Å². The van der Waals surface area contributed by atoms with Gasteiger partial charge in [-0.2, -0.15) is 10.5 Å². The van der Waals surface area contributed by atoms with Gasteiger partial charge in [-0.1, -0.05) is 13.3 Å². The van der Waals surface area contributed by atoms with Gasteiger partial charge in [-0.3, -0.25) is 0 Å². The summed E-state index contributed by atoms with van der Waals surface area (Å²) in [5, 5.41) is 37.8. The second-order valence-electron chi connectivity index (χ2n) is 6.54. The van der Waals surface area contributed by atoms with Crippen molar-refractivity contribution in [2.75, 3.05) is 22.9 Å². The Morgan fingerprint density at radius 1 is 1.29 bits per heavy atom. The number of hydrogen-bond donors (Lipinski definition) is 2. The number of nitriles is 2. The highest BCUT2D eigenvalue weighted by Crippen LogP contribution is 2.30. The molecule has 1 aliphatic rings. The Bertz CT molecular complexity index is 844. The Morgan fingerprint density at radius 2 is 1.96 bits per heavy atom. The quantitative estimate of drug-likeness (QED) is 0.669. The van der Waals surface area contributed by atoms with Gasteiger partial charge in [0.15, 0.2) is 23.0 Å². The van der Waals surface area contributed by atoms with Gasteiger partial charge in [-0.05, 0) is 26.2 Å². The first-order chi connectivity index (χ1) is 13.3. The van der Waals surface area contributed by atoms with E-state index in [9.17, 15) is 30.3 Å². The number of unbranched alkanes of at least 4 members (excludes halogenated alkanes) is 1. The van der Waals surface area contributed by atoms with E-state index in [4.69, 9.17) is 0 Å². The average Bonchev–Trinajstić information content (AvgIpc) is 3.17. The predicted octanol–water partition coefficient (Wildman–Crippen LogP) is 1.35. The predicted molar refractivity (Wildman–Crippen MR) is 98.8 cm³/mol. The Labute approximate surface area is 162 Å². The van der Waals surface area contributed by atoms with Crippen LogP contribution in [0.25, 0.3) is 0 Å². The molecule has 2 N–H and O–H groups in total. The highest BCUT2D eigenvalue weighted by atomic mass is 16.4. The molecule has 0 aliphatic carbocycles. The van der Waals surface area contributed by atoms with E-state index in [1.807, 2.05) is 19.1 Å². The van der Waals surface area contributed by atoms with E-state index in [-0.39, 0.29) is 23.0 Å². The molecule has 28 heavy (non-hydrogen) atoms. The zero-order valence-electron chi connectivity index (χ0n) is 15.8. The molecule has 0 saturated carbocycles. The minimum Gasteiger partial charge on any atom is -0.480 e. The van der Waals surface area contributed by atoms with Gasteiger partial charge in [0, 0.05) is 13.1 Å². The fraction of sp³-hybridized carbons (Fsp3) is 0.556. The third-order valence-electron chi connectivity index (χ3n) is 4.73. The monoisotopic (exact) mass is 386 g/mol. The van der Waals surface area contributed by atoms with Crippen molar-refractivity contribution >= 4 is 23.6 Å². The minimum absolute atomic E-state index is 0.0517. The number of aromatic nitrogens is 2. The molecule has 0 bridgehead atoms. The van der Waals surface area contributed by atoms with Gasteiger partial charge < -0.3 is 20.0 Å². The number of nitrogens with zero attached hydrogens (tertiary/aromatic N) is 6. The zero-order valence-corrected chi connectivity index (χ0v) is 15.8. The maximum absolute atomic E-state index is 11.6.